The van der Waals surface area contributed by atoms with Gasteiger partial charge in [0.1, 0.15) is 6.33 Å². The van der Waals surface area contributed by atoms with E-state index < -0.39 is 11.7 Å². The summed E-state index contributed by atoms with van der Waals surface area (Å²) in [5.74, 6) is 0.00213. The van der Waals surface area contributed by atoms with Crippen molar-refractivity contribution < 1.29 is 13.2 Å². The summed E-state index contributed by atoms with van der Waals surface area (Å²) in [5.41, 5.74) is 3.03. The molecule has 0 N–H and O–H groups in total. The van der Waals surface area contributed by atoms with Crippen molar-refractivity contribution in [2.75, 3.05) is 18.0 Å². The Balaban J connectivity index is 1.66. The highest BCUT2D eigenvalue weighted by Gasteiger charge is 2.31. The Bertz CT molecular complexity index is 1300. The molecule has 180 valence electrons. The fraction of sp³-hybridized carbons (Fsp3) is 0.296. The van der Waals surface area contributed by atoms with Crippen LogP contribution >= 0.6 is 11.3 Å². The summed E-state index contributed by atoms with van der Waals surface area (Å²) in [6.07, 6.45) is 2.21. The van der Waals surface area contributed by atoms with Crippen molar-refractivity contribution >= 4 is 16.5 Å². The van der Waals surface area contributed by atoms with Crippen LogP contribution in [0.4, 0.5) is 18.3 Å². The summed E-state index contributed by atoms with van der Waals surface area (Å²) >= 11 is 1.50. The number of alkyl halides is 3. The largest absolute Gasteiger partial charge is 0.416 e. The second-order valence-corrected chi connectivity index (χ2v) is 9.74. The summed E-state index contributed by atoms with van der Waals surface area (Å²) in [7, 11) is 0. The molecule has 35 heavy (non-hydrogen) atoms. The molecule has 0 unspecified atom stereocenters. The number of nitrogens with zero attached hydrogens (tertiary/aromatic N) is 4. The molecular formula is C27H25F3N4S. The third-order valence-electron chi connectivity index (χ3n) is 6.43. The highest BCUT2D eigenvalue weighted by atomic mass is 32.1. The lowest BCUT2D eigenvalue weighted by Gasteiger charge is -2.25. The molecule has 2 aromatic heterocycles. The number of piperidine rings is 1. The maximum absolute atomic E-state index is 13.5. The normalized spacial score (nSPS) is 15.3. The Morgan fingerprint density at radius 3 is 2.46 bits per heavy atom. The molecule has 4 nitrogen and oxygen atoms in total. The van der Waals surface area contributed by atoms with E-state index in [1.807, 2.05) is 18.2 Å². The maximum atomic E-state index is 13.5. The topological polar surface area (TPSA) is 41.9 Å². The monoisotopic (exact) mass is 494 g/mol. The van der Waals surface area contributed by atoms with E-state index in [2.05, 4.69) is 33.9 Å². The third-order valence-corrected chi connectivity index (χ3v) is 7.55. The fourth-order valence-electron chi connectivity index (χ4n) is 4.50. The van der Waals surface area contributed by atoms with Crippen LogP contribution < -0.4 is 4.90 Å². The Hall–Kier alpha value is -3.26. The fourth-order valence-corrected chi connectivity index (χ4v) is 5.66. The molecule has 4 aromatic rings. The Kier molecular flexibility index (Phi) is 6.56. The van der Waals surface area contributed by atoms with E-state index >= 15 is 0 Å². The summed E-state index contributed by atoms with van der Waals surface area (Å²) in [5, 5.41) is 0.823. The van der Waals surface area contributed by atoms with Gasteiger partial charge in [0.05, 0.1) is 21.8 Å². The Morgan fingerprint density at radius 2 is 1.71 bits per heavy atom. The third kappa shape index (κ3) is 4.93. The number of anilines is 1. The van der Waals surface area contributed by atoms with Gasteiger partial charge in [0.25, 0.3) is 0 Å². The van der Waals surface area contributed by atoms with Gasteiger partial charge in [0.2, 0.25) is 0 Å². The molecule has 0 spiro atoms. The zero-order valence-corrected chi connectivity index (χ0v) is 20.1. The minimum Gasteiger partial charge on any atom is -0.348 e. The van der Waals surface area contributed by atoms with Gasteiger partial charge in [-0.1, -0.05) is 60.7 Å². The van der Waals surface area contributed by atoms with E-state index in [1.165, 1.54) is 36.2 Å². The van der Waals surface area contributed by atoms with Gasteiger partial charge in [-0.15, -0.1) is 0 Å². The molecule has 1 saturated heterocycles. The van der Waals surface area contributed by atoms with Crippen LogP contribution in [0.3, 0.4) is 0 Å². The molecule has 8 heteroatoms. The van der Waals surface area contributed by atoms with Gasteiger partial charge < -0.3 is 4.90 Å². The number of hydrogen-bond donors (Lipinski definition) is 0. The number of rotatable bonds is 5. The van der Waals surface area contributed by atoms with E-state index in [0.29, 0.717) is 17.0 Å². The summed E-state index contributed by atoms with van der Waals surface area (Å²) in [4.78, 5) is 16.8. The molecule has 0 saturated carbocycles. The van der Waals surface area contributed by atoms with Crippen molar-refractivity contribution in [2.24, 2.45) is 0 Å². The number of hydrogen-bond acceptors (Lipinski definition) is 5. The number of benzene rings is 2. The molecule has 1 fully saturated rings. The second-order valence-electron chi connectivity index (χ2n) is 8.76. The highest BCUT2D eigenvalue weighted by Crippen LogP contribution is 2.44. The first kappa shape index (κ1) is 23.5. The molecule has 1 aliphatic rings. The first-order valence-electron chi connectivity index (χ1n) is 11.7. The molecule has 1 atom stereocenters. The van der Waals surface area contributed by atoms with E-state index in [0.717, 1.165) is 53.1 Å². The van der Waals surface area contributed by atoms with Gasteiger partial charge >= 0.3 is 6.18 Å². The number of aromatic nitrogens is 3. The van der Waals surface area contributed by atoms with Gasteiger partial charge in [0, 0.05) is 36.3 Å². The maximum Gasteiger partial charge on any atom is 0.416 e. The van der Waals surface area contributed by atoms with Crippen molar-refractivity contribution in [2.45, 2.75) is 38.3 Å². The van der Waals surface area contributed by atoms with Crippen LogP contribution in [0.15, 0.2) is 67.1 Å². The Morgan fingerprint density at radius 1 is 0.943 bits per heavy atom. The second kappa shape index (κ2) is 9.77. The number of halogens is 3. The quantitative estimate of drug-likeness (QED) is 0.289. The summed E-state index contributed by atoms with van der Waals surface area (Å²) < 4.78 is 40.5. The smallest absolute Gasteiger partial charge is 0.348 e. The van der Waals surface area contributed by atoms with Crippen molar-refractivity contribution in [3.05, 3.63) is 83.8 Å². The van der Waals surface area contributed by atoms with Crippen LogP contribution in [0.25, 0.3) is 21.8 Å². The zero-order chi connectivity index (χ0) is 24.4. The van der Waals surface area contributed by atoms with Crippen molar-refractivity contribution in [1.82, 2.24) is 15.0 Å². The van der Waals surface area contributed by atoms with Gasteiger partial charge in [-0.05, 0) is 37.0 Å². The van der Waals surface area contributed by atoms with Crippen LogP contribution in [-0.2, 0) is 6.18 Å². The molecule has 1 aliphatic heterocycles. The zero-order valence-electron chi connectivity index (χ0n) is 19.3. The molecule has 0 bridgehead atoms. The SMILES string of the molecule is C[C@@H](c1ccccc1)c1cncnc1-c1sc(N2CCCCC2)nc1-c1cccc(C(F)(F)F)c1. The first-order chi connectivity index (χ1) is 16.9. The van der Waals surface area contributed by atoms with E-state index in [9.17, 15) is 13.2 Å². The van der Waals surface area contributed by atoms with E-state index in [4.69, 9.17) is 4.98 Å². The van der Waals surface area contributed by atoms with Gasteiger partial charge in [-0.25, -0.2) is 15.0 Å². The van der Waals surface area contributed by atoms with Gasteiger partial charge in [-0.3, -0.25) is 0 Å². The van der Waals surface area contributed by atoms with Crippen LogP contribution in [0.1, 0.15) is 48.8 Å². The van der Waals surface area contributed by atoms with Crippen molar-refractivity contribution in [1.29, 1.82) is 0 Å². The predicted octanol–water partition coefficient (Wildman–Crippen LogP) is 7.43. The van der Waals surface area contributed by atoms with Gasteiger partial charge in [0.15, 0.2) is 5.13 Å². The molecular weight excluding hydrogens is 469 g/mol. The summed E-state index contributed by atoms with van der Waals surface area (Å²) in [6.45, 7) is 3.88. The molecule has 2 aromatic carbocycles. The minimum atomic E-state index is -4.43. The van der Waals surface area contributed by atoms with E-state index in [-0.39, 0.29) is 5.92 Å². The average Bonchev–Trinajstić information content (AvgIpc) is 3.34. The van der Waals surface area contributed by atoms with Crippen molar-refractivity contribution in [3.8, 4) is 21.8 Å². The lowest BCUT2D eigenvalue weighted by molar-refractivity contribution is -0.137. The van der Waals surface area contributed by atoms with E-state index in [1.54, 1.807) is 12.3 Å². The Labute approximate surface area is 206 Å². The average molecular weight is 495 g/mol. The highest BCUT2D eigenvalue weighted by molar-refractivity contribution is 7.19. The molecule has 5 rings (SSSR count). The van der Waals surface area contributed by atoms with Crippen LogP contribution in [0.2, 0.25) is 0 Å². The minimum absolute atomic E-state index is 0.00213. The molecule has 0 aliphatic carbocycles. The lowest BCUT2D eigenvalue weighted by atomic mass is 9.92. The first-order valence-corrected chi connectivity index (χ1v) is 12.5. The lowest BCUT2D eigenvalue weighted by Crippen LogP contribution is -2.29. The van der Waals surface area contributed by atoms with Gasteiger partial charge in [-0.2, -0.15) is 13.2 Å². The predicted molar refractivity (Wildman–Crippen MR) is 134 cm³/mol. The molecule has 0 radical (unpaired) electrons. The number of thiazole rings is 1. The molecule has 0 amide bonds. The summed E-state index contributed by atoms with van der Waals surface area (Å²) in [6, 6.07) is 15.5. The standard InChI is InChI=1S/C27H25F3N4S/c1-18(19-9-4-2-5-10-19)22-16-31-17-32-24(22)25-23(20-11-8-12-21(15-20)27(28,29)30)33-26(35-25)34-13-6-3-7-14-34/h2,4-5,8-12,15-18H,3,6-7,13-14H2,1H3/t18-/m0/s1. The van der Waals surface area contributed by atoms with Crippen LogP contribution in [0, 0.1) is 0 Å². The van der Waals surface area contributed by atoms with Crippen LogP contribution in [0.5, 0.6) is 0 Å². The van der Waals surface area contributed by atoms with Crippen LogP contribution in [-0.4, -0.2) is 28.0 Å². The van der Waals surface area contributed by atoms with Crippen molar-refractivity contribution in [3.63, 3.8) is 0 Å². The molecule has 3 heterocycles.